The summed E-state index contributed by atoms with van der Waals surface area (Å²) < 4.78 is 5.92. The van der Waals surface area contributed by atoms with Gasteiger partial charge in [0.25, 0.3) is 0 Å². The number of ether oxygens (including phenoxy) is 1. The summed E-state index contributed by atoms with van der Waals surface area (Å²) in [6.07, 6.45) is 7.64. The van der Waals surface area contributed by atoms with E-state index in [0.717, 1.165) is 19.3 Å². The molecule has 0 aliphatic heterocycles. The molecule has 2 rings (SSSR count). The molecule has 0 aromatic rings. The van der Waals surface area contributed by atoms with Crippen LogP contribution in [0.3, 0.4) is 0 Å². The second-order valence-electron chi connectivity index (χ2n) is 8.67. The maximum absolute atomic E-state index is 12.4. The summed E-state index contributed by atoms with van der Waals surface area (Å²) in [6, 6.07) is 0. The first-order valence-corrected chi connectivity index (χ1v) is 10.9. The molecule has 0 aromatic carbocycles. The minimum absolute atomic E-state index is 0.0186. The lowest BCUT2D eigenvalue weighted by Gasteiger charge is -2.42. The molecule has 0 amide bonds. The van der Waals surface area contributed by atoms with Gasteiger partial charge in [0.2, 0.25) is 0 Å². The largest absolute Gasteiger partial charge is 0.550 e. The van der Waals surface area contributed by atoms with E-state index in [2.05, 4.69) is 25.2 Å². The van der Waals surface area contributed by atoms with Crippen LogP contribution in [0.4, 0.5) is 0 Å². The van der Waals surface area contributed by atoms with Gasteiger partial charge in [0.05, 0.1) is 18.1 Å². The summed E-state index contributed by atoms with van der Waals surface area (Å²) >= 11 is 0. The van der Waals surface area contributed by atoms with E-state index in [9.17, 15) is 24.9 Å². The molecular formula is C23H35O6-. The number of carbonyl (C=O) groups is 2. The van der Waals surface area contributed by atoms with E-state index in [1.165, 1.54) is 5.57 Å². The fraction of sp³-hybridized carbons (Fsp3) is 0.739. The van der Waals surface area contributed by atoms with Crippen LogP contribution in [0.1, 0.15) is 65.7 Å². The number of aliphatic carboxylic acids is 1. The number of aliphatic hydroxyl groups is 2. The van der Waals surface area contributed by atoms with Crippen LogP contribution >= 0.6 is 0 Å². The fourth-order valence-electron chi connectivity index (χ4n) is 4.48. The van der Waals surface area contributed by atoms with Crippen molar-refractivity contribution in [1.82, 2.24) is 0 Å². The van der Waals surface area contributed by atoms with E-state index < -0.39 is 24.6 Å². The molecule has 0 saturated heterocycles. The predicted molar refractivity (Wildman–Crippen MR) is 107 cm³/mol. The SMILES string of the molecule is CC[C@H](C)C(=O)O[C@H]1CCC=C2C=C[C@H](C)[C@H](CC[C@@H](O)C[C@@H](O)CC(=O)[O-])[C@H]21. The highest BCUT2D eigenvalue weighted by molar-refractivity contribution is 5.72. The zero-order valence-corrected chi connectivity index (χ0v) is 17.8. The highest BCUT2D eigenvalue weighted by Gasteiger charge is 2.40. The molecule has 0 spiro atoms. The van der Waals surface area contributed by atoms with Crippen molar-refractivity contribution in [2.45, 2.75) is 84.0 Å². The molecule has 2 N–H and O–H groups in total. The van der Waals surface area contributed by atoms with Crippen molar-refractivity contribution in [1.29, 1.82) is 0 Å². The van der Waals surface area contributed by atoms with Gasteiger partial charge in [0.1, 0.15) is 6.10 Å². The quantitative estimate of drug-likeness (QED) is 0.537. The van der Waals surface area contributed by atoms with E-state index in [4.69, 9.17) is 4.74 Å². The highest BCUT2D eigenvalue weighted by atomic mass is 16.5. The number of carboxylic acid groups (broad SMARTS) is 1. The average molecular weight is 408 g/mol. The molecule has 0 fully saturated rings. The molecule has 29 heavy (non-hydrogen) atoms. The van der Waals surface area contributed by atoms with Crippen LogP contribution in [0.15, 0.2) is 23.8 Å². The Labute approximate surface area is 173 Å². The van der Waals surface area contributed by atoms with Gasteiger partial charge >= 0.3 is 5.97 Å². The summed E-state index contributed by atoms with van der Waals surface area (Å²) in [4.78, 5) is 23.0. The number of hydrogen-bond donors (Lipinski definition) is 2. The first-order chi connectivity index (χ1) is 13.7. The Morgan fingerprint density at radius 2 is 2.03 bits per heavy atom. The lowest BCUT2D eigenvalue weighted by Crippen LogP contribution is -2.40. The van der Waals surface area contributed by atoms with E-state index >= 15 is 0 Å². The van der Waals surface area contributed by atoms with Gasteiger partial charge in [-0.15, -0.1) is 0 Å². The van der Waals surface area contributed by atoms with Crippen LogP contribution in [0.5, 0.6) is 0 Å². The van der Waals surface area contributed by atoms with Gasteiger partial charge in [-0.2, -0.15) is 0 Å². The molecule has 6 heteroatoms. The second kappa shape index (κ2) is 10.9. The number of carbonyl (C=O) groups excluding carboxylic acids is 2. The normalized spacial score (nSPS) is 29.3. The minimum Gasteiger partial charge on any atom is -0.550 e. The molecule has 164 valence electrons. The van der Waals surface area contributed by atoms with Crippen LogP contribution in [0.25, 0.3) is 0 Å². The number of aliphatic hydroxyl groups excluding tert-OH is 2. The Morgan fingerprint density at radius 3 is 2.69 bits per heavy atom. The summed E-state index contributed by atoms with van der Waals surface area (Å²) in [5, 5.41) is 30.6. The average Bonchev–Trinajstić information content (AvgIpc) is 2.66. The van der Waals surface area contributed by atoms with Crippen molar-refractivity contribution >= 4 is 11.9 Å². The van der Waals surface area contributed by atoms with Crippen LogP contribution in [0.2, 0.25) is 0 Å². The molecule has 0 unspecified atom stereocenters. The van der Waals surface area contributed by atoms with Crippen molar-refractivity contribution in [3.63, 3.8) is 0 Å². The van der Waals surface area contributed by atoms with Crippen LogP contribution in [0, 0.1) is 23.7 Å². The first-order valence-electron chi connectivity index (χ1n) is 10.9. The Bertz CT molecular complexity index is 625. The maximum Gasteiger partial charge on any atom is 0.308 e. The maximum atomic E-state index is 12.4. The van der Waals surface area contributed by atoms with Gasteiger partial charge in [-0.25, -0.2) is 0 Å². The van der Waals surface area contributed by atoms with Crippen molar-refractivity contribution in [3.05, 3.63) is 23.8 Å². The van der Waals surface area contributed by atoms with Crippen molar-refractivity contribution in [2.75, 3.05) is 0 Å². The Balaban J connectivity index is 2.03. The van der Waals surface area contributed by atoms with E-state index in [0.29, 0.717) is 12.8 Å². The van der Waals surface area contributed by atoms with Crippen LogP contribution in [-0.2, 0) is 14.3 Å². The third-order valence-corrected chi connectivity index (χ3v) is 6.41. The molecule has 2 aliphatic rings. The monoisotopic (exact) mass is 407 g/mol. The van der Waals surface area contributed by atoms with E-state index in [1.807, 2.05) is 13.8 Å². The lowest BCUT2D eigenvalue weighted by atomic mass is 9.66. The number of fused-ring (bicyclic) bond motifs is 1. The van der Waals surface area contributed by atoms with Gasteiger partial charge in [-0.3, -0.25) is 4.79 Å². The van der Waals surface area contributed by atoms with Gasteiger partial charge in [-0.1, -0.05) is 39.0 Å². The zero-order valence-electron chi connectivity index (χ0n) is 17.8. The van der Waals surface area contributed by atoms with E-state index in [-0.39, 0.29) is 42.2 Å². The van der Waals surface area contributed by atoms with E-state index in [1.54, 1.807) is 0 Å². The number of esters is 1. The van der Waals surface area contributed by atoms with Crippen LogP contribution in [-0.4, -0.2) is 40.5 Å². The molecule has 7 atom stereocenters. The Hall–Kier alpha value is -1.66. The summed E-state index contributed by atoms with van der Waals surface area (Å²) in [6.45, 7) is 6.00. The molecule has 2 aliphatic carbocycles. The van der Waals surface area contributed by atoms with Crippen molar-refractivity contribution in [3.8, 4) is 0 Å². The van der Waals surface area contributed by atoms with Gasteiger partial charge < -0.3 is 24.9 Å². The van der Waals surface area contributed by atoms with Crippen molar-refractivity contribution in [2.24, 2.45) is 23.7 Å². The third-order valence-electron chi connectivity index (χ3n) is 6.41. The minimum atomic E-state index is -1.32. The number of carboxylic acids is 1. The first kappa shape index (κ1) is 23.6. The van der Waals surface area contributed by atoms with Gasteiger partial charge in [0.15, 0.2) is 0 Å². The standard InChI is InChI=1S/C23H36O6/c1-4-14(2)23(28)29-20-7-5-6-16-9-8-15(3)19(22(16)20)11-10-17(24)12-18(25)13-21(26)27/h6,8-9,14-15,17-20,22,24-25H,4-5,7,10-13H2,1-3H3,(H,26,27)/p-1/t14-,15-,17+,18+,19-,20-,22-/m0/s1. The van der Waals surface area contributed by atoms with Gasteiger partial charge in [-0.05, 0) is 55.9 Å². The molecule has 0 bridgehead atoms. The second-order valence-corrected chi connectivity index (χ2v) is 8.67. The predicted octanol–water partition coefficient (Wildman–Crippen LogP) is 2.13. The lowest BCUT2D eigenvalue weighted by molar-refractivity contribution is -0.307. The molecule has 0 heterocycles. The summed E-state index contributed by atoms with van der Waals surface area (Å²) in [5.41, 5.74) is 1.20. The molecule has 0 saturated carbocycles. The Kier molecular flexibility index (Phi) is 8.90. The number of hydrogen-bond acceptors (Lipinski definition) is 6. The zero-order chi connectivity index (χ0) is 21.6. The fourth-order valence-corrected chi connectivity index (χ4v) is 4.48. The molecule has 6 nitrogen and oxygen atoms in total. The smallest absolute Gasteiger partial charge is 0.308 e. The number of rotatable bonds is 10. The van der Waals surface area contributed by atoms with Crippen molar-refractivity contribution < 1.29 is 29.6 Å². The highest BCUT2D eigenvalue weighted by Crippen LogP contribution is 2.44. The van der Waals surface area contributed by atoms with Crippen LogP contribution < -0.4 is 5.11 Å². The molecular weight excluding hydrogens is 372 g/mol. The summed E-state index contributed by atoms with van der Waals surface area (Å²) in [7, 11) is 0. The third kappa shape index (κ3) is 6.68. The number of allylic oxidation sites excluding steroid dienone is 3. The van der Waals surface area contributed by atoms with Gasteiger partial charge in [0, 0.05) is 18.3 Å². The summed E-state index contributed by atoms with van der Waals surface area (Å²) in [5.74, 6) is -0.984. The molecule has 0 radical (unpaired) electrons. The molecule has 0 aromatic heterocycles. The Morgan fingerprint density at radius 1 is 1.31 bits per heavy atom. The topological polar surface area (TPSA) is 107 Å².